The molecule has 23 heavy (non-hydrogen) atoms. The quantitative estimate of drug-likeness (QED) is 0.865. The van der Waals surface area contributed by atoms with Crippen molar-refractivity contribution in [3.63, 3.8) is 0 Å². The van der Waals surface area contributed by atoms with Crippen LogP contribution in [-0.4, -0.2) is 49.3 Å². The number of likely N-dealkylation sites (tertiary alicyclic amines) is 1. The number of urea groups is 1. The Hall–Kier alpha value is -2.24. The summed E-state index contributed by atoms with van der Waals surface area (Å²) < 4.78 is 4.77. The molecular weight excluding hydrogens is 294 g/mol. The molecule has 3 rings (SSSR count). The Balaban J connectivity index is 1.66. The molecular formula is C17H23N3O3. The van der Waals surface area contributed by atoms with E-state index in [1.807, 2.05) is 23.1 Å². The summed E-state index contributed by atoms with van der Waals surface area (Å²) in [6.07, 6.45) is 2.29. The molecule has 1 aromatic carbocycles. The molecule has 124 valence electrons. The molecule has 0 bridgehead atoms. The maximum absolute atomic E-state index is 12.7. The average Bonchev–Trinajstić information content (AvgIpc) is 2.90. The van der Waals surface area contributed by atoms with Gasteiger partial charge in [-0.25, -0.2) is 9.59 Å². The summed E-state index contributed by atoms with van der Waals surface area (Å²) in [5, 5.41) is 3.08. The van der Waals surface area contributed by atoms with Crippen molar-refractivity contribution in [2.45, 2.75) is 38.3 Å². The third kappa shape index (κ3) is 3.11. The van der Waals surface area contributed by atoms with Gasteiger partial charge in [0.2, 0.25) is 0 Å². The number of nitrogens with zero attached hydrogens (tertiary/aromatic N) is 2. The highest BCUT2D eigenvalue weighted by molar-refractivity contribution is 5.95. The van der Waals surface area contributed by atoms with Crippen LogP contribution >= 0.6 is 0 Å². The van der Waals surface area contributed by atoms with E-state index in [-0.39, 0.29) is 24.2 Å². The Kier molecular flexibility index (Phi) is 4.41. The van der Waals surface area contributed by atoms with Gasteiger partial charge in [-0.2, -0.15) is 0 Å². The molecule has 2 aliphatic rings. The van der Waals surface area contributed by atoms with Crippen molar-refractivity contribution in [3.05, 3.63) is 29.8 Å². The van der Waals surface area contributed by atoms with Gasteiger partial charge in [0.05, 0.1) is 7.11 Å². The van der Waals surface area contributed by atoms with Crippen LogP contribution in [-0.2, 0) is 11.2 Å². The third-order valence-corrected chi connectivity index (χ3v) is 4.61. The number of anilines is 1. The number of hydrogen-bond donors (Lipinski definition) is 1. The van der Waals surface area contributed by atoms with Crippen LogP contribution in [0.1, 0.15) is 25.3 Å². The first-order valence-corrected chi connectivity index (χ1v) is 8.10. The number of carbonyl (C=O) groups excluding carboxylic acids is 2. The second-order valence-electron chi connectivity index (χ2n) is 6.26. The first kappa shape index (κ1) is 15.6. The van der Waals surface area contributed by atoms with Crippen molar-refractivity contribution in [2.75, 3.05) is 25.1 Å². The smallest absolute Gasteiger partial charge is 0.409 e. The zero-order chi connectivity index (χ0) is 16.4. The number of fused-ring (bicyclic) bond motifs is 1. The lowest BCUT2D eigenvalue weighted by Gasteiger charge is -2.33. The topological polar surface area (TPSA) is 61.9 Å². The first-order chi connectivity index (χ1) is 11.1. The van der Waals surface area contributed by atoms with Crippen molar-refractivity contribution >= 4 is 17.8 Å². The van der Waals surface area contributed by atoms with Gasteiger partial charge in [-0.05, 0) is 37.8 Å². The highest BCUT2D eigenvalue weighted by Crippen LogP contribution is 2.31. The molecule has 0 aliphatic carbocycles. The van der Waals surface area contributed by atoms with E-state index >= 15 is 0 Å². The number of para-hydroxylation sites is 1. The molecule has 1 saturated heterocycles. The predicted molar refractivity (Wildman–Crippen MR) is 87.6 cm³/mol. The van der Waals surface area contributed by atoms with Crippen LogP contribution < -0.4 is 10.2 Å². The second kappa shape index (κ2) is 6.48. The summed E-state index contributed by atoms with van der Waals surface area (Å²) >= 11 is 0. The Labute approximate surface area is 136 Å². The maximum Gasteiger partial charge on any atom is 0.409 e. The van der Waals surface area contributed by atoms with Crippen molar-refractivity contribution in [1.82, 2.24) is 10.2 Å². The van der Waals surface area contributed by atoms with E-state index in [0.29, 0.717) is 13.1 Å². The number of hydrogen-bond acceptors (Lipinski definition) is 3. The number of nitrogens with one attached hydrogen (secondary N) is 1. The van der Waals surface area contributed by atoms with Crippen LogP contribution in [0.25, 0.3) is 0 Å². The number of ether oxygens (including phenoxy) is 1. The van der Waals surface area contributed by atoms with E-state index in [1.165, 1.54) is 12.7 Å². The van der Waals surface area contributed by atoms with Gasteiger partial charge in [0.15, 0.2) is 0 Å². The lowest BCUT2D eigenvalue weighted by atomic mass is 10.1. The summed E-state index contributed by atoms with van der Waals surface area (Å²) in [5.74, 6) is 0. The van der Waals surface area contributed by atoms with Crippen LogP contribution in [0.2, 0.25) is 0 Å². The van der Waals surface area contributed by atoms with E-state index < -0.39 is 0 Å². The minimum Gasteiger partial charge on any atom is -0.453 e. The number of methoxy groups -OCH3 is 1. The molecule has 0 spiro atoms. The van der Waals surface area contributed by atoms with Crippen molar-refractivity contribution < 1.29 is 14.3 Å². The number of amides is 3. The van der Waals surface area contributed by atoms with Crippen molar-refractivity contribution in [2.24, 2.45) is 0 Å². The maximum atomic E-state index is 12.7. The monoisotopic (exact) mass is 317 g/mol. The molecule has 1 aromatic rings. The number of carbonyl (C=O) groups is 2. The summed E-state index contributed by atoms with van der Waals surface area (Å²) in [5.41, 5.74) is 2.19. The molecule has 1 N–H and O–H groups in total. The summed E-state index contributed by atoms with van der Waals surface area (Å²) in [7, 11) is 1.38. The molecule has 0 radical (unpaired) electrons. The standard InChI is InChI=1S/C17H23N3O3/c1-12-10-13-6-3-4-8-15(13)20(12)16(21)18-14-7-5-9-19(11-14)17(22)23-2/h3-4,6,8,12,14H,5,7,9-11H2,1-2H3,(H,18,21). The minimum atomic E-state index is -0.330. The van der Waals surface area contributed by atoms with Crippen LogP contribution in [0, 0.1) is 0 Å². The van der Waals surface area contributed by atoms with Crippen LogP contribution in [0.3, 0.4) is 0 Å². The van der Waals surface area contributed by atoms with Gasteiger partial charge in [0, 0.05) is 30.9 Å². The molecule has 1 fully saturated rings. The summed E-state index contributed by atoms with van der Waals surface area (Å²) in [6, 6.07) is 8.04. The van der Waals surface area contributed by atoms with Gasteiger partial charge in [-0.3, -0.25) is 4.90 Å². The van der Waals surface area contributed by atoms with E-state index in [0.717, 1.165) is 24.9 Å². The molecule has 2 atom stereocenters. The van der Waals surface area contributed by atoms with E-state index in [1.54, 1.807) is 4.90 Å². The molecule has 6 nitrogen and oxygen atoms in total. The lowest BCUT2D eigenvalue weighted by Crippen LogP contribution is -2.53. The Morgan fingerprint density at radius 1 is 1.30 bits per heavy atom. The number of benzene rings is 1. The van der Waals surface area contributed by atoms with Gasteiger partial charge in [-0.15, -0.1) is 0 Å². The van der Waals surface area contributed by atoms with Gasteiger partial charge < -0.3 is 15.0 Å². The summed E-state index contributed by atoms with van der Waals surface area (Å²) in [4.78, 5) is 27.8. The van der Waals surface area contributed by atoms with Crippen molar-refractivity contribution in [1.29, 1.82) is 0 Å². The van der Waals surface area contributed by atoms with Gasteiger partial charge in [0.25, 0.3) is 0 Å². The molecule has 2 heterocycles. The first-order valence-electron chi connectivity index (χ1n) is 8.10. The average molecular weight is 317 g/mol. The minimum absolute atomic E-state index is 0.0321. The van der Waals surface area contributed by atoms with Gasteiger partial charge >= 0.3 is 12.1 Å². The molecule has 6 heteroatoms. The Morgan fingerprint density at radius 2 is 2.09 bits per heavy atom. The molecule has 3 amide bonds. The highest BCUT2D eigenvalue weighted by atomic mass is 16.5. The SMILES string of the molecule is COC(=O)N1CCCC(NC(=O)N2c3ccccc3CC2C)C1. The Morgan fingerprint density at radius 3 is 2.87 bits per heavy atom. The van der Waals surface area contributed by atoms with Crippen LogP contribution in [0.15, 0.2) is 24.3 Å². The van der Waals surface area contributed by atoms with Crippen molar-refractivity contribution in [3.8, 4) is 0 Å². The predicted octanol–water partition coefficient (Wildman–Crippen LogP) is 2.38. The molecule has 2 aliphatic heterocycles. The molecule has 2 unspecified atom stereocenters. The fraction of sp³-hybridized carbons (Fsp3) is 0.529. The largest absolute Gasteiger partial charge is 0.453 e. The normalized spacial score (nSPS) is 23.4. The van der Waals surface area contributed by atoms with Gasteiger partial charge in [-0.1, -0.05) is 18.2 Å². The fourth-order valence-corrected chi connectivity index (χ4v) is 3.51. The lowest BCUT2D eigenvalue weighted by molar-refractivity contribution is 0.108. The third-order valence-electron chi connectivity index (χ3n) is 4.61. The fourth-order valence-electron chi connectivity index (χ4n) is 3.51. The van der Waals surface area contributed by atoms with E-state index in [4.69, 9.17) is 4.74 Å². The number of rotatable bonds is 1. The zero-order valence-electron chi connectivity index (χ0n) is 13.6. The van der Waals surface area contributed by atoms with Gasteiger partial charge in [0.1, 0.15) is 0 Å². The summed E-state index contributed by atoms with van der Waals surface area (Å²) in [6.45, 7) is 3.24. The molecule has 0 saturated carbocycles. The zero-order valence-corrected chi connectivity index (χ0v) is 13.6. The molecule has 0 aromatic heterocycles. The Bertz CT molecular complexity index is 605. The van der Waals surface area contributed by atoms with E-state index in [9.17, 15) is 9.59 Å². The second-order valence-corrected chi connectivity index (χ2v) is 6.26. The van der Waals surface area contributed by atoms with Crippen LogP contribution in [0.4, 0.5) is 15.3 Å². The van der Waals surface area contributed by atoms with Crippen LogP contribution in [0.5, 0.6) is 0 Å². The van der Waals surface area contributed by atoms with E-state index in [2.05, 4.69) is 18.3 Å². The highest BCUT2D eigenvalue weighted by Gasteiger charge is 2.33. The number of piperidine rings is 1.